The molecule has 0 bridgehead atoms. The lowest BCUT2D eigenvalue weighted by atomic mass is 9.44. The second kappa shape index (κ2) is 18.0. The molecule has 19 heteroatoms. The average Bonchev–Trinajstić information content (AvgIpc) is 3.74. The van der Waals surface area contributed by atoms with E-state index in [4.69, 9.17) is 19.3 Å². The van der Waals surface area contributed by atoms with Gasteiger partial charge < -0.3 is 40.4 Å². The zero-order valence-corrected chi connectivity index (χ0v) is 36.6. The Hall–Kier alpha value is -3.78. The second-order valence-electron chi connectivity index (χ2n) is 17.6. The molecule has 338 valence electrons. The molecule has 11 atom stereocenters. The highest BCUT2D eigenvalue weighted by Crippen LogP contribution is 2.73. The molecule has 14 nitrogen and oxygen atoms in total. The number of nitrogens with one attached hydrogen (secondary N) is 3. The van der Waals surface area contributed by atoms with Crippen LogP contribution in [0.5, 0.6) is 5.75 Å². The molecule has 4 saturated carbocycles. The van der Waals surface area contributed by atoms with E-state index in [1.807, 2.05) is 0 Å². The maximum Gasteiger partial charge on any atom is 0.303 e. The van der Waals surface area contributed by atoms with Crippen molar-refractivity contribution in [3.05, 3.63) is 53.6 Å². The van der Waals surface area contributed by atoms with Gasteiger partial charge in [-0.1, -0.05) is 52.8 Å². The first kappa shape index (κ1) is 46.2. The van der Waals surface area contributed by atoms with Crippen LogP contribution in [-0.4, -0.2) is 111 Å². The number of fused-ring (bicyclic) bond motifs is 7. The molecule has 0 radical (unpaired) electrons. The average molecular weight is 955 g/mol. The van der Waals surface area contributed by atoms with Crippen molar-refractivity contribution in [1.29, 1.82) is 0 Å². The van der Waals surface area contributed by atoms with Gasteiger partial charge in [-0.3, -0.25) is 28.8 Å². The Labute approximate surface area is 369 Å². The molecule has 7 rings (SSSR count). The highest BCUT2D eigenvalue weighted by Gasteiger charge is 2.80. The number of amides is 3. The maximum absolute atomic E-state index is 17.8. The Morgan fingerprint density at radius 1 is 1.05 bits per heavy atom. The number of benzene rings is 1. The molecule has 6 aliphatic rings. The fourth-order valence-corrected chi connectivity index (χ4v) is 12.1. The molecule has 1 saturated heterocycles. The highest BCUT2D eigenvalue weighted by molar-refractivity contribution is 9.09. The van der Waals surface area contributed by atoms with E-state index in [2.05, 4.69) is 31.9 Å². The SMILES string of the molecule is C[C@]12C=CC(=O)C=C1[C@@H](F)C[C@H]1C3C[C@H]4O[C@@H](c5ccc(OC6CCC(NC(=O)[C@H](CCC(=O)O)NC(=O)CNC(=O)CBr)CC6)cc5)O[C@@]4(C(=O)SCF)[C@@]3(C)C[C@H](O)[C@@]12F. The summed E-state index contributed by atoms with van der Waals surface area (Å²) in [5.41, 5.74) is -6.54. The number of carbonyl (C=O) groups is 6. The van der Waals surface area contributed by atoms with E-state index in [-0.39, 0.29) is 61.7 Å². The van der Waals surface area contributed by atoms with Crippen LogP contribution < -0.4 is 20.7 Å². The lowest BCUT2D eigenvalue weighted by molar-refractivity contribution is -0.232. The van der Waals surface area contributed by atoms with Crippen LogP contribution >= 0.6 is 27.7 Å². The third kappa shape index (κ3) is 8.13. The third-order valence-electron chi connectivity index (χ3n) is 14.2. The van der Waals surface area contributed by atoms with Crippen LogP contribution in [0.15, 0.2) is 48.1 Å². The Balaban J connectivity index is 0.986. The Kier molecular flexibility index (Phi) is 13.4. The minimum absolute atomic E-state index is 0.00735. The van der Waals surface area contributed by atoms with Crippen molar-refractivity contribution in [2.75, 3.05) is 17.9 Å². The first-order valence-electron chi connectivity index (χ1n) is 20.8. The molecule has 3 amide bonds. The van der Waals surface area contributed by atoms with Gasteiger partial charge in [0.1, 0.15) is 24.0 Å². The number of carboxylic acids is 1. The largest absolute Gasteiger partial charge is 0.490 e. The molecular formula is C43H51BrF3N3O11S. The number of thioether (sulfide) groups is 1. The Bertz CT molecular complexity index is 2020. The zero-order valence-electron chi connectivity index (χ0n) is 34.2. The predicted molar refractivity (Wildman–Crippen MR) is 221 cm³/mol. The van der Waals surface area contributed by atoms with Crippen LogP contribution in [0.1, 0.15) is 83.5 Å². The van der Waals surface area contributed by atoms with Gasteiger partial charge in [0, 0.05) is 34.8 Å². The summed E-state index contributed by atoms with van der Waals surface area (Å²) in [6.07, 6.45) is -0.654. The van der Waals surface area contributed by atoms with Crippen LogP contribution in [0.25, 0.3) is 0 Å². The number of carbonyl (C=O) groups excluding carboxylic acids is 5. The summed E-state index contributed by atoms with van der Waals surface area (Å²) in [6, 6.07) is 4.45. The van der Waals surface area contributed by atoms with Gasteiger partial charge in [0.25, 0.3) is 0 Å². The molecule has 1 unspecified atom stereocenters. The minimum atomic E-state index is -2.37. The van der Waals surface area contributed by atoms with E-state index in [9.17, 15) is 38.3 Å². The van der Waals surface area contributed by atoms with Crippen molar-refractivity contribution < 1.29 is 66.4 Å². The first-order chi connectivity index (χ1) is 29.4. The number of aliphatic hydroxyl groups excluding tert-OH is 1. The van der Waals surface area contributed by atoms with Gasteiger partial charge in [-0.15, -0.1) is 0 Å². The second-order valence-corrected chi connectivity index (χ2v) is 19.0. The molecule has 5 fully saturated rings. The van der Waals surface area contributed by atoms with Crippen LogP contribution in [0.2, 0.25) is 0 Å². The van der Waals surface area contributed by atoms with Crippen LogP contribution in [0.3, 0.4) is 0 Å². The van der Waals surface area contributed by atoms with Crippen LogP contribution in [-0.2, 0) is 38.2 Å². The van der Waals surface area contributed by atoms with Gasteiger partial charge in [-0.2, -0.15) is 0 Å². The van der Waals surface area contributed by atoms with Gasteiger partial charge in [0.05, 0.1) is 30.2 Å². The predicted octanol–water partition coefficient (Wildman–Crippen LogP) is 4.62. The van der Waals surface area contributed by atoms with Gasteiger partial charge in [0.2, 0.25) is 22.8 Å². The summed E-state index contributed by atoms with van der Waals surface area (Å²) in [6.45, 7) is 2.84. The van der Waals surface area contributed by atoms with E-state index < -0.39 is 105 Å². The number of allylic oxidation sites excluding steroid dienone is 4. The van der Waals surface area contributed by atoms with Crippen molar-refractivity contribution in [2.24, 2.45) is 22.7 Å². The van der Waals surface area contributed by atoms with E-state index in [0.717, 1.165) is 6.08 Å². The summed E-state index contributed by atoms with van der Waals surface area (Å²) in [4.78, 5) is 74.5. The summed E-state index contributed by atoms with van der Waals surface area (Å²) in [5.74, 6) is -4.41. The summed E-state index contributed by atoms with van der Waals surface area (Å²) >= 11 is 3.40. The number of aliphatic carboxylic acids is 1. The highest BCUT2D eigenvalue weighted by atomic mass is 79.9. The third-order valence-corrected chi connectivity index (χ3v) is 15.4. The lowest BCUT2D eigenvalue weighted by Gasteiger charge is -2.63. The standard InChI is InChI=1S/C43H51BrF3N3O11S/c1-40-14-13-24(51)15-29(40)30(46)16-28-27-17-33-43(39(58)62-21-45,41(27,2)18-32(52)42(28,40)47)61-38(60-33)22-3-7-25(8-4-22)59-26-9-5-23(6-10-26)49-37(57)31(11-12-36(55)56)50-35(54)20-48-34(53)19-44/h3-4,7-8,13-15,23,26-28,30-33,38,52H,5-6,9-12,16-21H2,1-2H3,(H,48,53)(H,49,57)(H,50,54)(H,55,56)/t23?,26?,27?,28-,30-,31-,32-,33+,38+,40-,41-,42-,43-/m0/s1. The van der Waals surface area contributed by atoms with E-state index in [1.54, 1.807) is 31.2 Å². The Morgan fingerprint density at radius 2 is 1.76 bits per heavy atom. The minimum Gasteiger partial charge on any atom is -0.490 e. The van der Waals surface area contributed by atoms with Crippen molar-refractivity contribution in [2.45, 2.75) is 126 Å². The van der Waals surface area contributed by atoms with Crippen molar-refractivity contribution in [3.8, 4) is 5.75 Å². The number of halogens is 4. The van der Waals surface area contributed by atoms with E-state index >= 15 is 8.78 Å². The summed E-state index contributed by atoms with van der Waals surface area (Å²) < 4.78 is 67.0. The number of ether oxygens (including phenoxy) is 3. The monoisotopic (exact) mass is 953 g/mol. The number of hydrogen-bond donors (Lipinski definition) is 5. The number of aliphatic hydroxyl groups is 1. The molecule has 0 aromatic heterocycles. The van der Waals surface area contributed by atoms with Gasteiger partial charge in [0.15, 0.2) is 23.3 Å². The van der Waals surface area contributed by atoms with Gasteiger partial charge in [-0.25, -0.2) is 13.2 Å². The molecule has 5 N–H and O–H groups in total. The topological polar surface area (TPSA) is 207 Å². The maximum atomic E-state index is 17.8. The molecule has 0 spiro atoms. The van der Waals surface area contributed by atoms with E-state index in [0.29, 0.717) is 48.8 Å². The first-order valence-corrected chi connectivity index (χ1v) is 22.9. The molecule has 1 heterocycles. The fraction of sp³-hybridized carbons (Fsp3) is 0.628. The number of rotatable bonds is 14. The van der Waals surface area contributed by atoms with Crippen LogP contribution in [0.4, 0.5) is 13.2 Å². The molecule has 1 aromatic rings. The number of hydrogen-bond acceptors (Lipinski definition) is 11. The van der Waals surface area contributed by atoms with Crippen molar-refractivity contribution >= 4 is 62.3 Å². The normalized spacial score (nSPS) is 37.4. The smallest absolute Gasteiger partial charge is 0.303 e. The summed E-state index contributed by atoms with van der Waals surface area (Å²) in [5, 5.41) is 28.1. The quantitative estimate of drug-likeness (QED) is 0.162. The molecular weight excluding hydrogens is 903 g/mol. The number of carboxylic acid groups (broad SMARTS) is 1. The summed E-state index contributed by atoms with van der Waals surface area (Å²) in [7, 11) is 0. The number of alkyl halides is 4. The van der Waals surface area contributed by atoms with Crippen molar-refractivity contribution in [3.63, 3.8) is 0 Å². The Morgan fingerprint density at radius 3 is 2.42 bits per heavy atom. The van der Waals surface area contributed by atoms with E-state index in [1.165, 1.54) is 19.1 Å². The van der Waals surface area contributed by atoms with Gasteiger partial charge >= 0.3 is 5.97 Å². The lowest BCUT2D eigenvalue weighted by Crippen LogP contribution is -2.70. The number of ketones is 1. The molecule has 1 aromatic carbocycles. The molecule has 5 aliphatic carbocycles. The fourth-order valence-electron chi connectivity index (χ4n) is 11.1. The molecule has 62 heavy (non-hydrogen) atoms. The van der Waals surface area contributed by atoms with Gasteiger partial charge in [-0.05, 0) is 94.1 Å². The molecule has 1 aliphatic heterocycles. The zero-order chi connectivity index (χ0) is 44.8. The van der Waals surface area contributed by atoms with Crippen molar-refractivity contribution in [1.82, 2.24) is 16.0 Å². The van der Waals surface area contributed by atoms with Crippen LogP contribution in [0, 0.1) is 22.7 Å².